The van der Waals surface area contributed by atoms with E-state index in [-0.39, 0.29) is 51.6 Å². The summed E-state index contributed by atoms with van der Waals surface area (Å²) in [4.78, 5) is 49.6. The number of ether oxygens (including phenoxy) is 12. The standard InChI is InChI=1S/C55H58O28/c1-72-35-15-24(3-11-30(35)58)5-13-41(63)74-22-39-46(68)48(70)52(83-54-51(44(66)32(60)21-76-54)82-42(64)14-6-25-4-12-31(59)36(16-25)73-2)55(81-39)79-37-19-29-33(77-50(37)26-7-9-27(56)10-8-26)17-28(57)18-34(29)78-53-49(71)47(69)45(67)38(80-53)23-75-43(65)20-40(61)62/h3-19,32,38-39,44-60,66-71H,20-23H2,1-2H3,(H,61,62)/p+1/b13-5+,14-6+/t32-,38+,39-,44-,45-,46-,47+,48+,49+,50?,51-,52-,53-,54-,55-/m1/s1. The molecule has 0 saturated carbocycles. The second-order valence-corrected chi connectivity index (χ2v) is 19.0. The lowest BCUT2D eigenvalue weighted by atomic mass is 9.97. The number of phenolic OH excluding ortho intramolecular Hbond substituents is 4. The molecule has 0 spiro atoms. The molecule has 28 heteroatoms. The lowest BCUT2D eigenvalue weighted by Gasteiger charge is -2.45. The van der Waals surface area contributed by atoms with Gasteiger partial charge in [0.05, 0.1) is 32.5 Å². The molecule has 4 heterocycles. The average Bonchev–Trinajstić information content (AvgIpc) is 3.64. The average molecular weight is 1170 g/mol. The molecule has 0 aliphatic carbocycles. The van der Waals surface area contributed by atoms with Crippen molar-refractivity contribution < 1.29 is 137 Å². The highest BCUT2D eigenvalue weighted by molar-refractivity contribution is 5.90. The van der Waals surface area contributed by atoms with Gasteiger partial charge in [-0.3, -0.25) is 9.59 Å². The second-order valence-electron chi connectivity index (χ2n) is 19.0. The molecule has 4 aliphatic rings. The van der Waals surface area contributed by atoms with Crippen molar-refractivity contribution in [3.8, 4) is 46.0 Å². The van der Waals surface area contributed by atoms with E-state index in [9.17, 15) is 75.3 Å². The van der Waals surface area contributed by atoms with Crippen molar-refractivity contribution in [2.45, 2.75) is 98.5 Å². The van der Waals surface area contributed by atoms with E-state index in [1.54, 1.807) is 0 Å². The maximum absolute atomic E-state index is 13.4. The first-order valence-corrected chi connectivity index (χ1v) is 25.2. The summed E-state index contributed by atoms with van der Waals surface area (Å²) in [5.41, 5.74) is 1.02. The molecule has 0 radical (unpaired) electrons. The van der Waals surface area contributed by atoms with Crippen molar-refractivity contribution in [3.05, 3.63) is 113 Å². The summed E-state index contributed by atoms with van der Waals surface area (Å²) in [6.07, 6.45) is -22.9. The number of rotatable bonds is 20. The van der Waals surface area contributed by atoms with Gasteiger partial charge < -0.3 is 118 Å². The molecule has 8 rings (SSSR count). The van der Waals surface area contributed by atoms with Crippen molar-refractivity contribution in [3.63, 3.8) is 0 Å². The predicted molar refractivity (Wildman–Crippen MR) is 276 cm³/mol. The molecule has 3 fully saturated rings. The number of methoxy groups -OCH3 is 2. The van der Waals surface area contributed by atoms with Crippen LogP contribution in [0.3, 0.4) is 0 Å². The molecular weight excluding hydrogens is 1110 g/mol. The zero-order valence-electron chi connectivity index (χ0n) is 43.7. The highest BCUT2D eigenvalue weighted by Gasteiger charge is 2.53. The summed E-state index contributed by atoms with van der Waals surface area (Å²) in [6, 6.07) is 16.1. The van der Waals surface area contributed by atoms with Crippen LogP contribution in [-0.2, 0) is 57.1 Å². The topological polar surface area (TPSA) is 425 Å². The molecule has 0 aromatic heterocycles. The lowest BCUT2D eigenvalue weighted by Crippen LogP contribution is -2.63. The number of carboxylic acids is 1. The van der Waals surface area contributed by atoms with Gasteiger partial charge >= 0.3 is 23.9 Å². The number of carbonyl (C=O) groups is 4. The van der Waals surface area contributed by atoms with Crippen LogP contribution in [0.2, 0.25) is 0 Å². The number of hydrogen-bond acceptors (Lipinski definition) is 26. The number of fused-ring (bicyclic) bond motifs is 1. The van der Waals surface area contributed by atoms with Gasteiger partial charge in [-0.25, -0.2) is 9.59 Å². The van der Waals surface area contributed by atoms with E-state index in [4.69, 9.17) is 61.9 Å². The Labute approximate surface area is 469 Å². The zero-order chi connectivity index (χ0) is 59.8. The summed E-state index contributed by atoms with van der Waals surface area (Å²) in [6.45, 7) is -2.21. The van der Waals surface area contributed by atoms with Crippen LogP contribution in [0, 0.1) is 0 Å². The van der Waals surface area contributed by atoms with Crippen molar-refractivity contribution in [1.82, 2.24) is 0 Å². The van der Waals surface area contributed by atoms with Gasteiger partial charge in [-0.2, -0.15) is 0 Å². The van der Waals surface area contributed by atoms with Crippen LogP contribution in [0.15, 0.2) is 90.7 Å². The van der Waals surface area contributed by atoms with Crippen molar-refractivity contribution in [2.24, 2.45) is 0 Å². The minimum absolute atomic E-state index is 0.0294. The summed E-state index contributed by atoms with van der Waals surface area (Å²) in [5, 5.41) is 128. The number of benzene rings is 4. The van der Waals surface area contributed by atoms with Gasteiger partial charge in [0.25, 0.3) is 11.9 Å². The molecule has 28 nitrogen and oxygen atoms in total. The molecule has 4 aromatic rings. The Morgan fingerprint density at radius 3 is 1.84 bits per heavy atom. The Kier molecular flexibility index (Phi) is 19.6. The highest BCUT2D eigenvalue weighted by atomic mass is 16.8. The van der Waals surface area contributed by atoms with Crippen LogP contribution in [0.1, 0.15) is 34.8 Å². The van der Waals surface area contributed by atoms with Crippen LogP contribution < -0.4 is 14.2 Å². The third-order valence-corrected chi connectivity index (χ3v) is 13.2. The molecule has 0 amide bonds. The predicted octanol–water partition coefficient (Wildman–Crippen LogP) is -0.124. The Hall–Kier alpha value is -8.26. The monoisotopic (exact) mass is 1170 g/mol. The van der Waals surface area contributed by atoms with Crippen molar-refractivity contribution in [1.29, 1.82) is 0 Å². The van der Waals surface area contributed by atoms with Gasteiger partial charge in [0.15, 0.2) is 47.3 Å². The molecule has 0 bridgehead atoms. The Morgan fingerprint density at radius 1 is 0.614 bits per heavy atom. The largest absolute Gasteiger partial charge is 0.571 e. The normalized spacial score (nSPS) is 28.7. The smallest absolute Gasteiger partial charge is 0.331 e. The first kappa shape index (κ1) is 60.8. The van der Waals surface area contributed by atoms with Crippen LogP contribution in [-0.4, -0.2) is 210 Å². The number of hydrogen-bond donors (Lipinski definition) is 12. The lowest BCUT2D eigenvalue weighted by molar-refractivity contribution is -0.353. The molecular formula is C55H59O28+. The van der Waals surface area contributed by atoms with E-state index in [1.165, 1.54) is 99.2 Å². The van der Waals surface area contributed by atoms with Gasteiger partial charge in [0, 0.05) is 24.3 Å². The van der Waals surface area contributed by atoms with E-state index in [2.05, 4.69) is 0 Å². The maximum atomic E-state index is 13.4. The van der Waals surface area contributed by atoms with Gasteiger partial charge in [0.1, 0.15) is 97.4 Å². The Bertz CT molecular complexity index is 3050. The molecule has 1 unspecified atom stereocenters. The highest BCUT2D eigenvalue weighted by Crippen LogP contribution is 2.47. The summed E-state index contributed by atoms with van der Waals surface area (Å²) >= 11 is 0. The summed E-state index contributed by atoms with van der Waals surface area (Å²) < 4.78 is 67.3. The minimum atomic E-state index is -2.11. The minimum Gasteiger partial charge on any atom is -0.571 e. The number of carboxylic acid groups (broad SMARTS) is 1. The number of carbonyl (C=O) groups excluding carboxylic acids is 3. The SMILES string of the molecule is COc1cc(/C=C/C(=O)OC[C@H]2O[C@@H](OC3=Cc4c(O[C@@H]5O[C@@H](COC(=O)CC(=O)O)[C@@H](O)[C@H](O)[C@@H]5O)cc(O)cc4[OH+]C3c3ccc(O)cc3)[C@H](O[C@H]3OC[C@@H](O)[C@@H](O)[C@H]3OC(=O)/C=C/c3ccc(O)c(OC)c3)[C@@H](O)[C@@H]2O)ccc1O. The third kappa shape index (κ3) is 14.7. The van der Waals surface area contributed by atoms with E-state index in [1.807, 2.05) is 0 Å². The van der Waals surface area contributed by atoms with Crippen molar-refractivity contribution in [2.75, 3.05) is 34.0 Å². The number of phenols is 4. The number of aliphatic hydroxyl groups is 8. The maximum Gasteiger partial charge on any atom is 0.331 e. The van der Waals surface area contributed by atoms with E-state index in [0.29, 0.717) is 16.7 Å². The first-order valence-electron chi connectivity index (χ1n) is 25.2. The van der Waals surface area contributed by atoms with Gasteiger partial charge in [0.2, 0.25) is 12.6 Å². The second kappa shape index (κ2) is 26.8. The molecule has 15 atom stereocenters. The van der Waals surface area contributed by atoms with Gasteiger partial charge in [-0.15, -0.1) is 0 Å². The van der Waals surface area contributed by atoms with E-state index >= 15 is 0 Å². The first-order chi connectivity index (χ1) is 39.6. The quantitative estimate of drug-likeness (QED) is 0.0180. The molecule has 13 N–H and O–H groups in total. The number of aliphatic hydroxyl groups excluding tert-OH is 7. The molecule has 4 aromatic carbocycles. The number of aliphatic carboxylic acids is 1. The summed E-state index contributed by atoms with van der Waals surface area (Å²) in [5.74, 6) is -6.22. The van der Waals surface area contributed by atoms with Crippen LogP contribution in [0.25, 0.3) is 18.2 Å². The summed E-state index contributed by atoms with van der Waals surface area (Å²) in [7, 11) is 2.64. The molecule has 446 valence electrons. The van der Waals surface area contributed by atoms with Crippen LogP contribution in [0.4, 0.5) is 0 Å². The fourth-order valence-corrected chi connectivity index (χ4v) is 8.88. The Morgan fingerprint density at radius 2 is 1.22 bits per heavy atom. The zero-order valence-corrected chi connectivity index (χ0v) is 43.7. The number of aromatic hydroxyl groups is 5. The Balaban J connectivity index is 1.13. The van der Waals surface area contributed by atoms with E-state index < -0.39 is 148 Å². The van der Waals surface area contributed by atoms with E-state index in [0.717, 1.165) is 18.2 Å². The fraction of sp³-hybridized carbons (Fsp3) is 0.382. The third-order valence-electron chi connectivity index (χ3n) is 13.2. The molecule has 83 heavy (non-hydrogen) atoms. The van der Waals surface area contributed by atoms with Gasteiger partial charge in [-0.05, 0) is 71.8 Å². The fourth-order valence-electron chi connectivity index (χ4n) is 8.88. The van der Waals surface area contributed by atoms with Crippen LogP contribution >= 0.6 is 0 Å². The van der Waals surface area contributed by atoms with Gasteiger partial charge in [-0.1, -0.05) is 12.1 Å². The number of esters is 3. The molecule has 3 saturated heterocycles. The molecule has 4 aliphatic heterocycles. The van der Waals surface area contributed by atoms with Crippen LogP contribution in [0.5, 0.6) is 46.0 Å². The van der Waals surface area contributed by atoms with Crippen molar-refractivity contribution >= 4 is 42.1 Å².